The smallest absolute Gasteiger partial charge is 0.253 e. The Labute approximate surface area is 184 Å². The van der Waals surface area contributed by atoms with Crippen LogP contribution >= 0.6 is 0 Å². The third-order valence-corrected chi connectivity index (χ3v) is 5.49. The summed E-state index contributed by atoms with van der Waals surface area (Å²) in [5.41, 5.74) is 4.91. The van der Waals surface area contributed by atoms with Gasteiger partial charge in [0.25, 0.3) is 5.91 Å². The Bertz CT molecular complexity index is 1330. The number of carbonyl (C=O) groups is 2. The molecule has 0 aliphatic carbocycles. The van der Waals surface area contributed by atoms with Crippen LogP contribution in [0.15, 0.2) is 66.9 Å². The van der Waals surface area contributed by atoms with Crippen molar-refractivity contribution in [1.29, 1.82) is 0 Å². The van der Waals surface area contributed by atoms with Crippen molar-refractivity contribution >= 4 is 11.7 Å². The Morgan fingerprint density at radius 1 is 1.06 bits per heavy atom. The summed E-state index contributed by atoms with van der Waals surface area (Å²) in [6, 6.07) is 18.0. The first-order chi connectivity index (χ1) is 15.6. The van der Waals surface area contributed by atoms with E-state index >= 15 is 0 Å². The molecule has 0 unspecified atom stereocenters. The summed E-state index contributed by atoms with van der Waals surface area (Å²) in [5.74, 6) is 0.896. The molecule has 4 aromatic rings. The first-order valence-corrected chi connectivity index (χ1v) is 10.3. The highest BCUT2D eigenvalue weighted by Crippen LogP contribution is 2.26. The average molecular weight is 424 g/mol. The highest BCUT2D eigenvalue weighted by Gasteiger charge is 2.20. The lowest BCUT2D eigenvalue weighted by molar-refractivity contribution is 0.0945. The minimum atomic E-state index is -0.112. The van der Waals surface area contributed by atoms with Gasteiger partial charge >= 0.3 is 0 Å². The normalized spacial score (nSPS) is 12.7. The lowest BCUT2D eigenvalue weighted by Crippen LogP contribution is -2.31. The van der Waals surface area contributed by atoms with Gasteiger partial charge in [-0.05, 0) is 24.3 Å². The molecular formula is C25H20N4O3. The highest BCUT2D eigenvalue weighted by molar-refractivity contribution is 6.10. The van der Waals surface area contributed by atoms with E-state index in [2.05, 4.69) is 20.3 Å². The van der Waals surface area contributed by atoms with Crippen LogP contribution in [-0.2, 0) is 6.42 Å². The molecule has 0 radical (unpaired) electrons. The van der Waals surface area contributed by atoms with Crippen LogP contribution in [0.3, 0.4) is 0 Å². The van der Waals surface area contributed by atoms with Crippen LogP contribution in [0.5, 0.6) is 5.75 Å². The van der Waals surface area contributed by atoms with Gasteiger partial charge in [-0.25, -0.2) is 9.97 Å². The molecule has 32 heavy (non-hydrogen) atoms. The summed E-state index contributed by atoms with van der Waals surface area (Å²) in [4.78, 5) is 37.3. The maximum atomic E-state index is 12.9. The zero-order valence-corrected chi connectivity index (χ0v) is 17.4. The quantitative estimate of drug-likeness (QED) is 0.477. The largest absolute Gasteiger partial charge is 0.496 e. The summed E-state index contributed by atoms with van der Waals surface area (Å²) in [5, 5.41) is 2.85. The maximum absolute atomic E-state index is 12.9. The van der Waals surface area contributed by atoms with Gasteiger partial charge in [0.05, 0.1) is 29.6 Å². The number of aromatic nitrogens is 3. The summed E-state index contributed by atoms with van der Waals surface area (Å²) in [6.07, 6.45) is 2.45. The number of fused-ring (bicyclic) bond motifs is 1. The Morgan fingerprint density at radius 3 is 2.66 bits per heavy atom. The van der Waals surface area contributed by atoms with Crippen LogP contribution in [0.4, 0.5) is 0 Å². The van der Waals surface area contributed by atoms with E-state index < -0.39 is 0 Å². The number of carbonyl (C=O) groups excluding carboxylic acids is 2. The SMILES string of the molecule is COc1ccccc1C(=O)c1ccc(-c2nccc(-c3cc4c([nH]3)CCNC4=O)n2)cc1. The van der Waals surface area contributed by atoms with Gasteiger partial charge in [0.2, 0.25) is 0 Å². The predicted octanol–water partition coefficient (Wildman–Crippen LogP) is 3.66. The van der Waals surface area contributed by atoms with Gasteiger partial charge in [0, 0.05) is 36.0 Å². The standard InChI is InChI=1S/C25H20N4O3/c1-32-22-5-3-2-4-17(22)23(30)15-6-8-16(9-7-15)24-26-12-11-20(29-24)21-14-18-19(28-21)10-13-27-25(18)31/h2-9,11-12,14,28H,10,13H2,1H3,(H,27,31). The summed E-state index contributed by atoms with van der Waals surface area (Å²) < 4.78 is 5.30. The van der Waals surface area contributed by atoms with Crippen LogP contribution in [0.2, 0.25) is 0 Å². The van der Waals surface area contributed by atoms with Crippen LogP contribution in [0.1, 0.15) is 32.0 Å². The molecule has 7 nitrogen and oxygen atoms in total. The number of nitrogens with one attached hydrogen (secondary N) is 2. The number of nitrogens with zero attached hydrogens (tertiary/aromatic N) is 2. The number of hydrogen-bond donors (Lipinski definition) is 2. The predicted molar refractivity (Wildman–Crippen MR) is 120 cm³/mol. The molecule has 2 aromatic carbocycles. The van der Waals surface area contributed by atoms with Gasteiger partial charge in [-0.2, -0.15) is 0 Å². The molecule has 1 amide bonds. The van der Waals surface area contributed by atoms with Crippen LogP contribution in [0.25, 0.3) is 22.8 Å². The zero-order valence-electron chi connectivity index (χ0n) is 17.4. The Hall–Kier alpha value is -4.26. The Balaban J connectivity index is 1.43. The molecular weight excluding hydrogens is 404 g/mol. The molecule has 3 heterocycles. The summed E-state index contributed by atoms with van der Waals surface area (Å²) in [6.45, 7) is 0.626. The third-order valence-electron chi connectivity index (χ3n) is 5.49. The number of amides is 1. The van der Waals surface area contributed by atoms with E-state index in [1.165, 1.54) is 0 Å². The maximum Gasteiger partial charge on any atom is 0.253 e. The highest BCUT2D eigenvalue weighted by atomic mass is 16.5. The summed E-state index contributed by atoms with van der Waals surface area (Å²) >= 11 is 0. The van der Waals surface area contributed by atoms with Crippen LogP contribution < -0.4 is 10.1 Å². The van der Waals surface area contributed by atoms with Crippen molar-refractivity contribution in [2.75, 3.05) is 13.7 Å². The summed E-state index contributed by atoms with van der Waals surface area (Å²) in [7, 11) is 1.55. The average Bonchev–Trinajstić information content (AvgIpc) is 3.30. The lowest BCUT2D eigenvalue weighted by Gasteiger charge is -2.10. The molecule has 2 N–H and O–H groups in total. The van der Waals surface area contributed by atoms with Gasteiger partial charge in [-0.1, -0.05) is 36.4 Å². The van der Waals surface area contributed by atoms with E-state index in [0.717, 1.165) is 23.4 Å². The molecule has 7 heteroatoms. The van der Waals surface area contributed by atoms with E-state index in [0.29, 0.717) is 40.5 Å². The van der Waals surface area contributed by atoms with Gasteiger partial charge < -0.3 is 15.0 Å². The number of aromatic amines is 1. The zero-order chi connectivity index (χ0) is 22.1. The molecule has 5 rings (SSSR count). The molecule has 0 saturated carbocycles. The molecule has 1 aliphatic heterocycles. The number of ketones is 1. The van der Waals surface area contributed by atoms with Crippen molar-refractivity contribution < 1.29 is 14.3 Å². The second-order valence-corrected chi connectivity index (χ2v) is 7.45. The van der Waals surface area contributed by atoms with Gasteiger partial charge in [0.15, 0.2) is 11.6 Å². The van der Waals surface area contributed by atoms with Crippen LogP contribution in [0, 0.1) is 0 Å². The fraction of sp³-hybridized carbons (Fsp3) is 0.120. The van der Waals surface area contributed by atoms with Crippen molar-refractivity contribution in [3.05, 3.63) is 89.2 Å². The van der Waals surface area contributed by atoms with Crippen molar-refractivity contribution in [3.8, 4) is 28.5 Å². The monoisotopic (exact) mass is 424 g/mol. The molecule has 2 aromatic heterocycles. The van der Waals surface area contributed by atoms with Crippen LogP contribution in [-0.4, -0.2) is 40.3 Å². The fourth-order valence-corrected chi connectivity index (χ4v) is 3.84. The second-order valence-electron chi connectivity index (χ2n) is 7.45. The number of methoxy groups -OCH3 is 1. The lowest BCUT2D eigenvalue weighted by atomic mass is 10.0. The molecule has 1 aliphatic rings. The first-order valence-electron chi connectivity index (χ1n) is 10.3. The number of para-hydroxylation sites is 1. The number of rotatable bonds is 5. The van der Waals surface area contributed by atoms with E-state index in [1.807, 2.05) is 30.3 Å². The number of benzene rings is 2. The van der Waals surface area contributed by atoms with Crippen molar-refractivity contribution in [2.45, 2.75) is 6.42 Å². The Morgan fingerprint density at radius 2 is 1.88 bits per heavy atom. The minimum absolute atomic E-state index is 0.0710. The van der Waals surface area contributed by atoms with Crippen molar-refractivity contribution in [1.82, 2.24) is 20.3 Å². The van der Waals surface area contributed by atoms with Gasteiger partial charge in [0.1, 0.15) is 5.75 Å². The molecule has 0 fully saturated rings. The topological polar surface area (TPSA) is 97.0 Å². The molecule has 0 spiro atoms. The number of ether oxygens (including phenoxy) is 1. The molecule has 0 bridgehead atoms. The van der Waals surface area contributed by atoms with E-state index in [9.17, 15) is 9.59 Å². The molecule has 158 valence electrons. The number of H-pyrrole nitrogens is 1. The van der Waals surface area contributed by atoms with E-state index in [4.69, 9.17) is 4.74 Å². The first kappa shape index (κ1) is 19.7. The molecule has 0 atom stereocenters. The fourth-order valence-electron chi connectivity index (χ4n) is 3.84. The van der Waals surface area contributed by atoms with E-state index in [1.54, 1.807) is 43.6 Å². The minimum Gasteiger partial charge on any atom is -0.496 e. The molecule has 0 saturated heterocycles. The van der Waals surface area contributed by atoms with Crippen molar-refractivity contribution in [3.63, 3.8) is 0 Å². The van der Waals surface area contributed by atoms with Crippen molar-refractivity contribution in [2.24, 2.45) is 0 Å². The second kappa shape index (κ2) is 8.11. The van der Waals surface area contributed by atoms with Gasteiger partial charge in [-0.3, -0.25) is 9.59 Å². The number of hydrogen-bond acceptors (Lipinski definition) is 5. The third kappa shape index (κ3) is 3.54. The van der Waals surface area contributed by atoms with E-state index in [-0.39, 0.29) is 11.7 Å². The van der Waals surface area contributed by atoms with Gasteiger partial charge in [-0.15, -0.1) is 0 Å². The Kier molecular flexibility index (Phi) is 4.99.